The fourth-order valence-corrected chi connectivity index (χ4v) is 8.04. The van der Waals surface area contributed by atoms with Crippen molar-refractivity contribution in [1.29, 1.82) is 0 Å². The molecule has 74 valence electrons. The molecule has 0 aliphatic heterocycles. The molecule has 0 atom stereocenters. The molecule has 4 heteroatoms. The lowest BCUT2D eigenvalue weighted by Crippen LogP contribution is -2.35. The first-order valence-electron chi connectivity index (χ1n) is 4.76. The van der Waals surface area contributed by atoms with Gasteiger partial charge in [-0.3, -0.25) is 0 Å². The number of unbranched alkanes of at least 4 members (excludes halogenated alkanes) is 1. The molecule has 0 aromatic rings. The molecule has 0 fully saturated rings. The van der Waals surface area contributed by atoms with Gasteiger partial charge in [-0.05, 0) is 38.7 Å². The van der Waals surface area contributed by atoms with E-state index in [1.807, 2.05) is 0 Å². The van der Waals surface area contributed by atoms with Gasteiger partial charge in [0, 0.05) is 6.61 Å². The van der Waals surface area contributed by atoms with Crippen molar-refractivity contribution in [3.8, 4) is 0 Å². The Morgan fingerprint density at radius 2 is 1.83 bits per heavy atom. The van der Waals surface area contributed by atoms with Gasteiger partial charge in [-0.15, -0.1) is 0 Å². The third-order valence-electron chi connectivity index (χ3n) is 1.74. The number of hydrogen-bond donors (Lipinski definition) is 1. The molecule has 12 heavy (non-hydrogen) atoms. The quantitative estimate of drug-likeness (QED) is 0.532. The minimum atomic E-state index is -1.35. The molecule has 0 heterocycles. The maximum absolute atomic E-state index is 8.63. The average molecular weight is 206 g/mol. The third kappa shape index (κ3) is 7.03. The Morgan fingerprint density at radius 1 is 1.25 bits per heavy atom. The molecule has 0 aromatic carbocycles. The second-order valence-electron chi connectivity index (χ2n) is 4.11. The topological polar surface area (TPSA) is 29.5 Å². The van der Waals surface area contributed by atoms with Crippen LogP contribution >= 0.6 is 0 Å². The van der Waals surface area contributed by atoms with E-state index >= 15 is 0 Å². The summed E-state index contributed by atoms with van der Waals surface area (Å²) in [5.41, 5.74) is 0. The van der Waals surface area contributed by atoms with Crippen LogP contribution in [0, 0.1) is 0 Å². The second kappa shape index (κ2) is 5.91. The molecule has 0 aliphatic rings. The molecule has 0 spiro atoms. The van der Waals surface area contributed by atoms with Crippen LogP contribution < -0.4 is 0 Å². The van der Waals surface area contributed by atoms with Gasteiger partial charge in [0.15, 0.2) is 17.4 Å². The summed E-state index contributed by atoms with van der Waals surface area (Å²) in [7, 11) is -2.20. The van der Waals surface area contributed by atoms with Crippen LogP contribution in [0.3, 0.4) is 0 Å². The Kier molecular flexibility index (Phi) is 6.08. The number of aliphatic hydroxyl groups is 1. The van der Waals surface area contributed by atoms with Crippen molar-refractivity contribution in [2.24, 2.45) is 0 Å². The Bertz CT molecular complexity index is 116. The van der Waals surface area contributed by atoms with Crippen LogP contribution in [-0.2, 0) is 4.12 Å². The van der Waals surface area contributed by atoms with E-state index < -0.39 is 17.4 Å². The summed E-state index contributed by atoms with van der Waals surface area (Å²) in [6, 6.07) is 1.19. The van der Waals surface area contributed by atoms with Crippen LogP contribution in [-0.4, -0.2) is 29.1 Å². The SMILES string of the molecule is C[SiH](C)O[Si](C)(C)CCCCO. The van der Waals surface area contributed by atoms with E-state index in [-0.39, 0.29) is 0 Å². The average Bonchev–Trinajstić information content (AvgIpc) is 1.84. The third-order valence-corrected chi connectivity index (χ3v) is 7.74. The van der Waals surface area contributed by atoms with Crippen molar-refractivity contribution in [2.75, 3.05) is 6.61 Å². The van der Waals surface area contributed by atoms with E-state index in [0.29, 0.717) is 6.61 Å². The molecule has 0 saturated heterocycles. The first kappa shape index (κ1) is 12.4. The van der Waals surface area contributed by atoms with Gasteiger partial charge in [0.1, 0.15) is 0 Å². The van der Waals surface area contributed by atoms with Gasteiger partial charge in [-0.2, -0.15) is 0 Å². The van der Waals surface area contributed by atoms with Crippen molar-refractivity contribution < 1.29 is 9.22 Å². The smallest absolute Gasteiger partial charge is 0.173 e. The lowest BCUT2D eigenvalue weighted by atomic mass is 10.4. The van der Waals surface area contributed by atoms with Crippen molar-refractivity contribution >= 4 is 17.4 Å². The Morgan fingerprint density at radius 3 is 2.25 bits per heavy atom. The zero-order valence-corrected chi connectivity index (χ0v) is 10.9. The van der Waals surface area contributed by atoms with E-state index in [9.17, 15) is 0 Å². The lowest BCUT2D eigenvalue weighted by Gasteiger charge is -2.25. The highest BCUT2D eigenvalue weighted by atomic mass is 28.4. The molecule has 0 aromatic heterocycles. The maximum atomic E-state index is 8.63. The summed E-state index contributed by atoms with van der Waals surface area (Å²) >= 11 is 0. The van der Waals surface area contributed by atoms with E-state index in [0.717, 1.165) is 12.8 Å². The van der Waals surface area contributed by atoms with E-state index in [1.54, 1.807) is 0 Å². The normalized spacial score (nSPS) is 12.5. The molecule has 0 radical (unpaired) electrons. The molecule has 2 nitrogen and oxygen atoms in total. The van der Waals surface area contributed by atoms with Crippen LogP contribution in [0.25, 0.3) is 0 Å². The highest BCUT2D eigenvalue weighted by Gasteiger charge is 2.22. The molecule has 0 amide bonds. The zero-order chi connectivity index (χ0) is 9.61. The van der Waals surface area contributed by atoms with E-state index in [1.165, 1.54) is 6.04 Å². The lowest BCUT2D eigenvalue weighted by molar-refractivity contribution is 0.286. The predicted octanol–water partition coefficient (Wildman–Crippen LogP) is 1.96. The minimum Gasteiger partial charge on any atom is -0.458 e. The summed E-state index contributed by atoms with van der Waals surface area (Å²) in [4.78, 5) is 0. The van der Waals surface area contributed by atoms with Crippen LogP contribution in [0.5, 0.6) is 0 Å². The number of aliphatic hydroxyl groups excluding tert-OH is 1. The molecule has 0 rings (SSSR count). The number of rotatable bonds is 6. The van der Waals surface area contributed by atoms with Crippen molar-refractivity contribution in [3.63, 3.8) is 0 Å². The first-order valence-corrected chi connectivity index (χ1v) is 10.7. The summed E-state index contributed by atoms with van der Waals surface area (Å²) in [6.07, 6.45) is 2.05. The highest BCUT2D eigenvalue weighted by molar-refractivity contribution is 6.77. The van der Waals surface area contributed by atoms with Gasteiger partial charge in [0.2, 0.25) is 0 Å². The van der Waals surface area contributed by atoms with Crippen LogP contribution in [0.4, 0.5) is 0 Å². The van der Waals surface area contributed by atoms with Crippen molar-refractivity contribution in [2.45, 2.75) is 45.1 Å². The van der Waals surface area contributed by atoms with Crippen LogP contribution in [0.15, 0.2) is 0 Å². The van der Waals surface area contributed by atoms with E-state index in [2.05, 4.69) is 26.2 Å². The highest BCUT2D eigenvalue weighted by Crippen LogP contribution is 2.15. The van der Waals surface area contributed by atoms with Crippen LogP contribution in [0.1, 0.15) is 12.8 Å². The van der Waals surface area contributed by atoms with E-state index in [4.69, 9.17) is 9.22 Å². The first-order chi connectivity index (χ1) is 5.48. The van der Waals surface area contributed by atoms with Gasteiger partial charge in [-0.25, -0.2) is 0 Å². The van der Waals surface area contributed by atoms with Gasteiger partial charge in [-0.1, -0.05) is 6.42 Å². The standard InChI is InChI=1S/C8H22O2Si2/c1-11(2)10-12(3,4)8-6-5-7-9/h9,11H,5-8H2,1-4H3. The van der Waals surface area contributed by atoms with Gasteiger partial charge in [0.25, 0.3) is 0 Å². The molecule has 0 unspecified atom stereocenters. The summed E-state index contributed by atoms with van der Waals surface area (Å²) in [5, 5.41) is 8.63. The van der Waals surface area contributed by atoms with Gasteiger partial charge < -0.3 is 9.22 Å². The Labute approximate surface area is 78.8 Å². The summed E-state index contributed by atoms with van der Waals surface area (Å²) < 4.78 is 5.98. The maximum Gasteiger partial charge on any atom is 0.173 e. The monoisotopic (exact) mass is 206 g/mol. The van der Waals surface area contributed by atoms with Gasteiger partial charge >= 0.3 is 0 Å². The largest absolute Gasteiger partial charge is 0.458 e. The fraction of sp³-hybridized carbons (Fsp3) is 1.00. The zero-order valence-electron chi connectivity index (χ0n) is 8.76. The molecule has 0 bridgehead atoms. The second-order valence-corrected chi connectivity index (χ2v) is 11.2. The molecule has 1 N–H and O–H groups in total. The fourth-order valence-electron chi connectivity index (χ4n) is 1.36. The summed E-state index contributed by atoms with van der Waals surface area (Å²) in [6.45, 7) is 9.32. The Hall–Kier alpha value is 0.354. The number of hydrogen-bond acceptors (Lipinski definition) is 2. The van der Waals surface area contributed by atoms with Crippen molar-refractivity contribution in [3.05, 3.63) is 0 Å². The molecule has 0 saturated carbocycles. The predicted molar refractivity (Wildman–Crippen MR) is 58.6 cm³/mol. The van der Waals surface area contributed by atoms with Crippen molar-refractivity contribution in [1.82, 2.24) is 0 Å². The van der Waals surface area contributed by atoms with Crippen LogP contribution in [0.2, 0.25) is 32.2 Å². The Balaban J connectivity index is 3.56. The summed E-state index contributed by atoms with van der Waals surface area (Å²) in [5.74, 6) is 0. The molecule has 0 aliphatic carbocycles. The molecular formula is C8H22O2Si2. The minimum absolute atomic E-state index is 0.323. The molecular weight excluding hydrogens is 184 g/mol. The van der Waals surface area contributed by atoms with Gasteiger partial charge in [0.05, 0.1) is 0 Å².